The molecule has 6 heteroatoms. The lowest BCUT2D eigenvalue weighted by Gasteiger charge is -2.16. The number of rotatable bonds is 4. The van der Waals surface area contributed by atoms with E-state index < -0.39 is 18.1 Å². The zero-order valence-corrected chi connectivity index (χ0v) is 11.6. The first kappa shape index (κ1) is 14.1. The van der Waals surface area contributed by atoms with Crippen LogP contribution in [0.2, 0.25) is 0 Å². The summed E-state index contributed by atoms with van der Waals surface area (Å²) in [5.74, 6) is -0.434. The number of nitrogens with one attached hydrogen (secondary N) is 1. The molecule has 0 aliphatic heterocycles. The van der Waals surface area contributed by atoms with Gasteiger partial charge in [-0.2, -0.15) is 11.3 Å². The molecule has 0 saturated heterocycles. The molecule has 0 aliphatic carbocycles. The fraction of sp³-hybridized carbons (Fsp3) is 0.143. The van der Waals surface area contributed by atoms with Gasteiger partial charge in [0.15, 0.2) is 0 Å². The normalized spacial score (nSPS) is 11.7. The van der Waals surface area contributed by atoms with E-state index in [0.29, 0.717) is 11.3 Å². The molecular formula is C14H14N2O3S. The molecule has 1 aromatic heterocycles. The fourth-order valence-electron chi connectivity index (χ4n) is 1.72. The summed E-state index contributed by atoms with van der Waals surface area (Å²) in [5, 5.41) is 6.28. The number of hydrogen-bond acceptors (Lipinski definition) is 4. The van der Waals surface area contributed by atoms with E-state index in [-0.39, 0.29) is 0 Å². The Bertz CT molecular complexity index is 611. The van der Waals surface area contributed by atoms with Crippen molar-refractivity contribution in [3.05, 3.63) is 52.2 Å². The number of carbonyl (C=O) groups is 2. The van der Waals surface area contributed by atoms with Crippen molar-refractivity contribution in [1.82, 2.24) is 0 Å². The number of aryl methyl sites for hydroxylation is 1. The number of hydrogen-bond donors (Lipinski definition) is 2. The van der Waals surface area contributed by atoms with Crippen molar-refractivity contribution >= 4 is 29.0 Å². The second-order valence-corrected chi connectivity index (χ2v) is 4.96. The van der Waals surface area contributed by atoms with Gasteiger partial charge >= 0.3 is 6.09 Å². The Kier molecular flexibility index (Phi) is 4.37. The lowest BCUT2D eigenvalue weighted by molar-refractivity contribution is -0.124. The SMILES string of the molecule is Cc1ccccc1NC(=O)C(OC(N)=O)c1ccsc1. The molecule has 2 rings (SSSR count). The molecule has 0 bridgehead atoms. The van der Waals surface area contributed by atoms with E-state index in [1.165, 1.54) is 11.3 Å². The summed E-state index contributed by atoms with van der Waals surface area (Å²) in [6.07, 6.45) is -2.03. The van der Waals surface area contributed by atoms with Crippen LogP contribution >= 0.6 is 11.3 Å². The highest BCUT2D eigenvalue weighted by Gasteiger charge is 2.25. The summed E-state index contributed by atoms with van der Waals surface area (Å²) in [4.78, 5) is 23.2. The van der Waals surface area contributed by atoms with E-state index in [4.69, 9.17) is 10.5 Å². The zero-order valence-electron chi connectivity index (χ0n) is 10.8. The summed E-state index contributed by atoms with van der Waals surface area (Å²) < 4.78 is 4.90. The third-order valence-electron chi connectivity index (χ3n) is 2.72. The van der Waals surface area contributed by atoms with Crippen LogP contribution in [0.1, 0.15) is 17.2 Å². The maximum atomic E-state index is 12.3. The van der Waals surface area contributed by atoms with Crippen molar-refractivity contribution in [1.29, 1.82) is 0 Å². The van der Waals surface area contributed by atoms with Crippen LogP contribution in [-0.2, 0) is 9.53 Å². The quantitative estimate of drug-likeness (QED) is 0.908. The monoisotopic (exact) mass is 290 g/mol. The second kappa shape index (κ2) is 6.21. The largest absolute Gasteiger partial charge is 0.431 e. The molecule has 1 atom stereocenters. The van der Waals surface area contributed by atoms with Gasteiger partial charge in [-0.15, -0.1) is 0 Å². The van der Waals surface area contributed by atoms with Gasteiger partial charge in [0, 0.05) is 11.3 Å². The molecule has 0 radical (unpaired) electrons. The van der Waals surface area contributed by atoms with Crippen LogP contribution < -0.4 is 11.1 Å². The number of ether oxygens (including phenoxy) is 1. The minimum atomic E-state index is -1.04. The minimum absolute atomic E-state index is 0.434. The third kappa shape index (κ3) is 3.36. The first-order chi connectivity index (χ1) is 9.58. The van der Waals surface area contributed by atoms with E-state index in [9.17, 15) is 9.59 Å². The molecule has 20 heavy (non-hydrogen) atoms. The number of benzene rings is 1. The zero-order chi connectivity index (χ0) is 14.5. The van der Waals surface area contributed by atoms with E-state index in [2.05, 4.69) is 5.32 Å². The molecule has 0 fully saturated rings. The number of para-hydroxylation sites is 1. The van der Waals surface area contributed by atoms with Crippen LogP contribution in [0, 0.1) is 6.92 Å². The molecule has 1 unspecified atom stereocenters. The van der Waals surface area contributed by atoms with Crippen molar-refractivity contribution in [3.8, 4) is 0 Å². The Morgan fingerprint density at radius 2 is 2.05 bits per heavy atom. The van der Waals surface area contributed by atoms with Gasteiger partial charge in [0.25, 0.3) is 5.91 Å². The lowest BCUT2D eigenvalue weighted by Crippen LogP contribution is -2.28. The van der Waals surface area contributed by atoms with Crippen molar-refractivity contribution in [2.75, 3.05) is 5.32 Å². The maximum absolute atomic E-state index is 12.3. The highest BCUT2D eigenvalue weighted by molar-refractivity contribution is 7.08. The first-order valence-corrected chi connectivity index (χ1v) is 6.87. The van der Waals surface area contributed by atoms with Gasteiger partial charge in [0.1, 0.15) is 0 Å². The number of carbonyl (C=O) groups excluding carboxylic acids is 2. The summed E-state index contributed by atoms with van der Waals surface area (Å²) in [7, 11) is 0. The predicted molar refractivity (Wildman–Crippen MR) is 77.5 cm³/mol. The standard InChI is InChI=1S/C14H14N2O3S/c1-9-4-2-3-5-11(9)16-13(17)12(19-14(15)18)10-6-7-20-8-10/h2-8,12H,1H3,(H2,15,18)(H,16,17). The van der Waals surface area contributed by atoms with E-state index in [1.54, 1.807) is 22.9 Å². The van der Waals surface area contributed by atoms with Gasteiger partial charge in [0.05, 0.1) is 0 Å². The van der Waals surface area contributed by atoms with E-state index in [1.807, 2.05) is 25.1 Å². The number of amides is 2. The van der Waals surface area contributed by atoms with Crippen LogP contribution in [0.5, 0.6) is 0 Å². The van der Waals surface area contributed by atoms with Crippen LogP contribution in [0.4, 0.5) is 10.5 Å². The number of thiophene rings is 1. The third-order valence-corrected chi connectivity index (χ3v) is 3.42. The average molecular weight is 290 g/mol. The first-order valence-electron chi connectivity index (χ1n) is 5.92. The molecular weight excluding hydrogens is 276 g/mol. The summed E-state index contributed by atoms with van der Waals surface area (Å²) in [5.41, 5.74) is 7.21. The van der Waals surface area contributed by atoms with Crippen molar-refractivity contribution in [3.63, 3.8) is 0 Å². The Morgan fingerprint density at radius 3 is 2.65 bits per heavy atom. The Labute approximate surface area is 120 Å². The predicted octanol–water partition coefficient (Wildman–Crippen LogP) is 2.83. The summed E-state index contributed by atoms with van der Waals surface area (Å²) in [6, 6.07) is 9.07. The van der Waals surface area contributed by atoms with Crippen LogP contribution in [0.15, 0.2) is 41.1 Å². The molecule has 0 spiro atoms. The van der Waals surface area contributed by atoms with E-state index >= 15 is 0 Å². The molecule has 0 saturated carbocycles. The van der Waals surface area contributed by atoms with Gasteiger partial charge in [-0.05, 0) is 35.4 Å². The Morgan fingerprint density at radius 1 is 1.30 bits per heavy atom. The Balaban J connectivity index is 2.19. The molecule has 2 aromatic rings. The maximum Gasteiger partial charge on any atom is 0.405 e. The van der Waals surface area contributed by atoms with Crippen LogP contribution in [-0.4, -0.2) is 12.0 Å². The number of anilines is 1. The van der Waals surface area contributed by atoms with Gasteiger partial charge in [-0.3, -0.25) is 4.79 Å². The second-order valence-electron chi connectivity index (χ2n) is 4.18. The number of nitrogens with two attached hydrogens (primary N) is 1. The smallest absolute Gasteiger partial charge is 0.405 e. The highest BCUT2D eigenvalue weighted by atomic mass is 32.1. The Hall–Kier alpha value is -2.34. The lowest BCUT2D eigenvalue weighted by atomic mass is 10.1. The summed E-state index contributed by atoms with van der Waals surface area (Å²) >= 11 is 1.41. The van der Waals surface area contributed by atoms with Gasteiger partial charge < -0.3 is 15.8 Å². The van der Waals surface area contributed by atoms with Gasteiger partial charge in [-0.25, -0.2) is 4.79 Å². The van der Waals surface area contributed by atoms with Crippen LogP contribution in [0.25, 0.3) is 0 Å². The van der Waals surface area contributed by atoms with Crippen molar-refractivity contribution < 1.29 is 14.3 Å². The highest BCUT2D eigenvalue weighted by Crippen LogP contribution is 2.23. The fourth-order valence-corrected chi connectivity index (χ4v) is 2.40. The van der Waals surface area contributed by atoms with Gasteiger partial charge in [0.2, 0.25) is 6.10 Å². The van der Waals surface area contributed by atoms with Gasteiger partial charge in [-0.1, -0.05) is 18.2 Å². The molecule has 1 heterocycles. The molecule has 0 aliphatic rings. The molecule has 104 valence electrons. The average Bonchev–Trinajstić information content (AvgIpc) is 2.92. The topological polar surface area (TPSA) is 81.4 Å². The molecule has 1 aromatic carbocycles. The number of primary amides is 1. The van der Waals surface area contributed by atoms with E-state index in [0.717, 1.165) is 5.56 Å². The van der Waals surface area contributed by atoms with Crippen molar-refractivity contribution in [2.45, 2.75) is 13.0 Å². The van der Waals surface area contributed by atoms with Crippen LogP contribution in [0.3, 0.4) is 0 Å². The minimum Gasteiger partial charge on any atom is -0.431 e. The van der Waals surface area contributed by atoms with Crippen molar-refractivity contribution in [2.24, 2.45) is 5.73 Å². The molecule has 5 nitrogen and oxygen atoms in total. The molecule has 3 N–H and O–H groups in total. The molecule has 2 amide bonds. The summed E-state index contributed by atoms with van der Waals surface area (Å²) in [6.45, 7) is 1.88.